The molecule has 0 radical (unpaired) electrons. The third kappa shape index (κ3) is 5.70. The summed E-state index contributed by atoms with van der Waals surface area (Å²) in [4.78, 5) is 11.1. The van der Waals surface area contributed by atoms with Gasteiger partial charge in [-0.25, -0.2) is 0 Å². The number of allylic oxidation sites excluding steroid dienone is 1. The summed E-state index contributed by atoms with van der Waals surface area (Å²) in [5.41, 5.74) is 2.82. The molecular weight excluding hydrogens is 428 g/mol. The molecule has 4 aliphatic rings. The second-order valence-corrected chi connectivity index (χ2v) is 14.0. The largest absolute Gasteiger partial charge is 0.356 e. The van der Waals surface area contributed by atoms with E-state index in [1.165, 1.54) is 70.6 Å². The van der Waals surface area contributed by atoms with Crippen LogP contribution in [0.2, 0.25) is 0 Å². The third-order valence-electron chi connectivity index (χ3n) is 11.5. The van der Waals surface area contributed by atoms with Crippen LogP contribution >= 0.6 is 0 Å². The van der Waals surface area contributed by atoms with E-state index >= 15 is 0 Å². The highest BCUT2D eigenvalue weighted by Crippen LogP contribution is 2.67. The summed E-state index contributed by atoms with van der Waals surface area (Å²) in [5, 5.41) is 6.73. The minimum Gasteiger partial charge on any atom is -0.356 e. The lowest BCUT2D eigenvalue weighted by Crippen LogP contribution is -2.51. The smallest absolute Gasteiger partial charge is 0.216 e. The van der Waals surface area contributed by atoms with Gasteiger partial charge in [0.1, 0.15) is 0 Å². The fraction of sp³-hybridized carbons (Fsp3) is 0.906. The van der Waals surface area contributed by atoms with Gasteiger partial charge in [-0.2, -0.15) is 0 Å². The van der Waals surface area contributed by atoms with Gasteiger partial charge < -0.3 is 10.6 Å². The van der Waals surface area contributed by atoms with Crippen LogP contribution in [0.4, 0.5) is 0 Å². The topological polar surface area (TPSA) is 41.1 Å². The van der Waals surface area contributed by atoms with Crippen LogP contribution in [0, 0.1) is 46.3 Å². The zero-order valence-electron chi connectivity index (χ0n) is 23.9. The SMILES string of the molecule is CC(=O)NCCCN[C@H]1CCC2(C)C(=CC[C@H]3C2CCC2(C)C([C@H](C)CCCC(C)C)CC[C@@H]32)C1. The van der Waals surface area contributed by atoms with Gasteiger partial charge >= 0.3 is 0 Å². The number of carbonyl (C=O) groups is 1. The summed E-state index contributed by atoms with van der Waals surface area (Å²) >= 11 is 0. The second kappa shape index (κ2) is 11.3. The van der Waals surface area contributed by atoms with Crippen molar-refractivity contribution < 1.29 is 4.79 Å². The fourth-order valence-electron chi connectivity index (χ4n) is 9.52. The number of fused-ring (bicyclic) bond motifs is 5. The minimum atomic E-state index is 0.0816. The van der Waals surface area contributed by atoms with Crippen LogP contribution < -0.4 is 10.6 Å². The highest BCUT2D eigenvalue weighted by Gasteiger charge is 2.59. The second-order valence-electron chi connectivity index (χ2n) is 14.0. The van der Waals surface area contributed by atoms with Gasteiger partial charge in [0.2, 0.25) is 5.91 Å². The molecule has 3 fully saturated rings. The Labute approximate surface area is 217 Å². The van der Waals surface area contributed by atoms with E-state index in [-0.39, 0.29) is 5.91 Å². The molecule has 200 valence electrons. The van der Waals surface area contributed by atoms with Gasteiger partial charge in [-0.05, 0) is 111 Å². The van der Waals surface area contributed by atoms with Crippen molar-refractivity contribution in [1.29, 1.82) is 0 Å². The van der Waals surface area contributed by atoms with Crippen molar-refractivity contribution >= 4 is 5.91 Å². The lowest BCUT2D eigenvalue weighted by molar-refractivity contribution is -0.118. The maximum Gasteiger partial charge on any atom is 0.216 e. The lowest BCUT2D eigenvalue weighted by atomic mass is 9.47. The molecule has 0 heterocycles. The molecule has 4 rings (SSSR count). The zero-order valence-corrected chi connectivity index (χ0v) is 23.9. The first-order valence-electron chi connectivity index (χ1n) is 15.3. The van der Waals surface area contributed by atoms with Crippen molar-refractivity contribution in [3.05, 3.63) is 11.6 Å². The summed E-state index contributed by atoms with van der Waals surface area (Å²) in [7, 11) is 0. The van der Waals surface area contributed by atoms with Crippen molar-refractivity contribution in [3.63, 3.8) is 0 Å². The molecule has 8 atom stereocenters. The quantitative estimate of drug-likeness (QED) is 0.249. The Morgan fingerprint density at radius 2 is 1.80 bits per heavy atom. The maximum absolute atomic E-state index is 11.1. The number of hydrogen-bond donors (Lipinski definition) is 2. The van der Waals surface area contributed by atoms with Crippen LogP contribution in [0.25, 0.3) is 0 Å². The summed E-state index contributed by atoms with van der Waals surface area (Å²) in [5.74, 6) is 5.58. The van der Waals surface area contributed by atoms with Gasteiger partial charge in [0.15, 0.2) is 0 Å². The van der Waals surface area contributed by atoms with Gasteiger partial charge in [0.05, 0.1) is 0 Å². The van der Waals surface area contributed by atoms with Gasteiger partial charge in [0.25, 0.3) is 0 Å². The molecule has 3 saturated carbocycles. The van der Waals surface area contributed by atoms with E-state index < -0.39 is 0 Å². The molecule has 4 unspecified atom stereocenters. The van der Waals surface area contributed by atoms with Gasteiger partial charge in [-0.1, -0.05) is 65.5 Å². The normalized spacial score (nSPS) is 39.4. The van der Waals surface area contributed by atoms with E-state index in [4.69, 9.17) is 0 Å². The molecular formula is C32H56N2O. The van der Waals surface area contributed by atoms with Crippen LogP contribution in [0.3, 0.4) is 0 Å². The third-order valence-corrected chi connectivity index (χ3v) is 11.5. The summed E-state index contributed by atoms with van der Waals surface area (Å²) in [6.45, 7) is 16.1. The lowest BCUT2D eigenvalue weighted by Gasteiger charge is -2.58. The first-order valence-corrected chi connectivity index (χ1v) is 15.3. The predicted molar refractivity (Wildman–Crippen MR) is 148 cm³/mol. The van der Waals surface area contributed by atoms with Crippen LogP contribution in [-0.4, -0.2) is 25.0 Å². The molecule has 3 nitrogen and oxygen atoms in total. The molecule has 0 spiro atoms. The average Bonchev–Trinajstić information content (AvgIpc) is 3.15. The number of carbonyl (C=O) groups excluding carboxylic acids is 1. The molecule has 35 heavy (non-hydrogen) atoms. The van der Waals surface area contributed by atoms with E-state index in [1.807, 2.05) is 0 Å². The van der Waals surface area contributed by atoms with Gasteiger partial charge in [-0.15, -0.1) is 0 Å². The number of amides is 1. The molecule has 0 aromatic rings. The molecule has 0 aromatic heterocycles. The molecule has 0 aromatic carbocycles. The van der Waals surface area contributed by atoms with E-state index in [1.54, 1.807) is 12.5 Å². The number of rotatable bonds is 10. The zero-order chi connectivity index (χ0) is 25.2. The van der Waals surface area contributed by atoms with E-state index in [0.717, 1.165) is 55.0 Å². The highest BCUT2D eigenvalue weighted by molar-refractivity contribution is 5.72. The van der Waals surface area contributed by atoms with Crippen molar-refractivity contribution in [2.24, 2.45) is 46.3 Å². The summed E-state index contributed by atoms with van der Waals surface area (Å²) in [6.07, 6.45) is 19.2. The molecule has 0 bridgehead atoms. The molecule has 0 saturated heterocycles. The molecule has 4 aliphatic carbocycles. The first-order chi connectivity index (χ1) is 16.6. The van der Waals surface area contributed by atoms with Crippen molar-refractivity contribution in [2.45, 2.75) is 125 Å². The molecule has 3 heteroatoms. The Morgan fingerprint density at radius 3 is 2.54 bits per heavy atom. The maximum atomic E-state index is 11.1. The Morgan fingerprint density at radius 1 is 1.00 bits per heavy atom. The van der Waals surface area contributed by atoms with Gasteiger partial charge in [0, 0.05) is 19.5 Å². The van der Waals surface area contributed by atoms with Crippen LogP contribution in [0.1, 0.15) is 119 Å². The Hall–Kier alpha value is -0.830. The summed E-state index contributed by atoms with van der Waals surface area (Å²) < 4.78 is 0. The summed E-state index contributed by atoms with van der Waals surface area (Å²) in [6, 6.07) is 0.625. The molecule has 1 amide bonds. The minimum absolute atomic E-state index is 0.0816. The Bertz CT molecular complexity index is 759. The Kier molecular flexibility index (Phi) is 8.77. The Balaban J connectivity index is 1.36. The standard InChI is InChI=1S/C32H56N2O/c1-22(2)9-7-10-23(3)28-13-14-29-27-12-11-25-21-26(34-20-8-19-33-24(4)35)15-17-31(25,5)30(27)16-18-32(28,29)6/h11,22-23,26-30,34H,7-10,12-21H2,1-6H3,(H,33,35)/t23-,26+,27-,28?,29+,30?,31?,32?/m1/s1. The number of hydrogen-bond acceptors (Lipinski definition) is 2. The van der Waals surface area contributed by atoms with Crippen LogP contribution in [0.15, 0.2) is 11.6 Å². The molecule has 2 N–H and O–H groups in total. The fourth-order valence-corrected chi connectivity index (χ4v) is 9.52. The van der Waals surface area contributed by atoms with Crippen molar-refractivity contribution in [3.8, 4) is 0 Å². The van der Waals surface area contributed by atoms with Crippen molar-refractivity contribution in [2.75, 3.05) is 13.1 Å². The monoisotopic (exact) mass is 484 g/mol. The van der Waals surface area contributed by atoms with E-state index in [0.29, 0.717) is 16.9 Å². The van der Waals surface area contributed by atoms with Crippen LogP contribution in [0.5, 0.6) is 0 Å². The average molecular weight is 485 g/mol. The number of nitrogens with one attached hydrogen (secondary N) is 2. The van der Waals surface area contributed by atoms with E-state index in [9.17, 15) is 4.79 Å². The highest BCUT2D eigenvalue weighted by atomic mass is 16.1. The van der Waals surface area contributed by atoms with Crippen LogP contribution in [-0.2, 0) is 4.79 Å². The van der Waals surface area contributed by atoms with Gasteiger partial charge in [-0.3, -0.25) is 4.79 Å². The van der Waals surface area contributed by atoms with Crippen molar-refractivity contribution in [1.82, 2.24) is 10.6 Å². The molecule has 0 aliphatic heterocycles. The van der Waals surface area contributed by atoms with E-state index in [2.05, 4.69) is 51.3 Å². The first kappa shape index (κ1) is 27.2. The predicted octanol–water partition coefficient (Wildman–Crippen LogP) is 7.51.